The summed E-state index contributed by atoms with van der Waals surface area (Å²) in [6.07, 6.45) is 4.40. The number of nitro groups is 1. The van der Waals surface area contributed by atoms with Crippen LogP contribution in [-0.2, 0) is 19.2 Å². The minimum Gasteiger partial charge on any atom is -0.443 e. The first-order valence-electron chi connectivity index (χ1n) is 17.5. The molecule has 0 radical (unpaired) electrons. The van der Waals surface area contributed by atoms with Gasteiger partial charge in [0.2, 0.25) is 0 Å². The molecule has 1 fully saturated rings. The molecule has 53 heavy (non-hydrogen) atoms. The van der Waals surface area contributed by atoms with Gasteiger partial charge in [0.1, 0.15) is 17.2 Å². The number of benzene rings is 2. The Morgan fingerprint density at radius 1 is 1.11 bits per heavy atom. The summed E-state index contributed by atoms with van der Waals surface area (Å²) in [6, 6.07) is 10.3. The first-order chi connectivity index (χ1) is 24.7. The van der Waals surface area contributed by atoms with Crippen molar-refractivity contribution >= 4 is 47.3 Å². The molecule has 1 amide bonds. The Hall–Kier alpha value is -4.45. The number of amides is 1. The Morgan fingerprint density at radius 3 is 2.51 bits per heavy atom. The van der Waals surface area contributed by atoms with Gasteiger partial charge < -0.3 is 9.16 Å². The summed E-state index contributed by atoms with van der Waals surface area (Å²) in [4.78, 5) is 32.4. The molecule has 0 spiro atoms. The Bertz CT molecular complexity index is 2100. The molecule has 0 unspecified atom stereocenters. The minimum absolute atomic E-state index is 0.0298. The van der Waals surface area contributed by atoms with Gasteiger partial charge in [-0.2, -0.15) is 5.10 Å². The molecule has 0 bridgehead atoms. The van der Waals surface area contributed by atoms with E-state index in [9.17, 15) is 23.3 Å². The molecule has 1 aliphatic heterocycles. The topological polar surface area (TPSA) is 162 Å². The van der Waals surface area contributed by atoms with Crippen molar-refractivity contribution in [1.29, 1.82) is 0 Å². The van der Waals surface area contributed by atoms with Crippen LogP contribution in [0.4, 0.5) is 26.4 Å². The van der Waals surface area contributed by atoms with Crippen molar-refractivity contribution in [3.8, 4) is 11.1 Å². The number of hydrogen-bond acceptors (Lipinski definition) is 10. The van der Waals surface area contributed by atoms with Crippen molar-refractivity contribution in [2.45, 2.75) is 89.1 Å². The molecule has 14 nitrogen and oxygen atoms in total. The van der Waals surface area contributed by atoms with E-state index < -0.39 is 51.4 Å². The average molecular weight is 770 g/mol. The highest BCUT2D eigenvalue weighted by atomic mass is 32.2. The van der Waals surface area contributed by atoms with Gasteiger partial charge in [-0.15, -0.1) is 0 Å². The molecule has 0 saturated carbocycles. The summed E-state index contributed by atoms with van der Waals surface area (Å²) >= 11 is 0. The SMILES string of the molecule is CC(C)(C)OC(=O)N(CCN1CCC[C@H]1CO[Si](C)(C)C(C)(C)C)c1ccn2ncc(-c3cc(NS(=O)(=O)c4ccccc4[N+](=O)[O-])ccc3F)c2n1. The van der Waals surface area contributed by atoms with E-state index in [-0.39, 0.29) is 45.9 Å². The molecule has 2 aromatic heterocycles. The molecule has 1 N–H and O–H groups in total. The number of carbonyl (C=O) groups excluding carboxylic acids is 1. The van der Waals surface area contributed by atoms with E-state index in [1.165, 1.54) is 39.9 Å². The van der Waals surface area contributed by atoms with Crippen molar-refractivity contribution in [3.63, 3.8) is 0 Å². The van der Waals surface area contributed by atoms with Gasteiger partial charge in [0.05, 0.1) is 11.1 Å². The van der Waals surface area contributed by atoms with Gasteiger partial charge in [-0.25, -0.2) is 27.1 Å². The van der Waals surface area contributed by atoms with Crippen LogP contribution < -0.4 is 9.62 Å². The zero-order valence-corrected chi connectivity index (χ0v) is 33.2. The first-order valence-corrected chi connectivity index (χ1v) is 21.8. The fraction of sp³-hybridized carbons (Fsp3) is 0.472. The highest BCUT2D eigenvalue weighted by Crippen LogP contribution is 2.37. The predicted molar refractivity (Wildman–Crippen MR) is 204 cm³/mol. The lowest BCUT2D eigenvalue weighted by Gasteiger charge is -2.38. The molecule has 1 aliphatic rings. The monoisotopic (exact) mass is 769 g/mol. The van der Waals surface area contributed by atoms with E-state index in [2.05, 4.69) is 48.6 Å². The lowest BCUT2D eigenvalue weighted by atomic mass is 10.1. The second kappa shape index (κ2) is 15.1. The molecular weight excluding hydrogens is 722 g/mol. The Morgan fingerprint density at radius 2 is 1.83 bits per heavy atom. The predicted octanol–water partition coefficient (Wildman–Crippen LogP) is 7.47. The number of nitro benzene ring substituents is 1. The van der Waals surface area contributed by atoms with Gasteiger partial charge in [-0.1, -0.05) is 32.9 Å². The van der Waals surface area contributed by atoms with Crippen LogP contribution in [0.3, 0.4) is 0 Å². The number of aromatic nitrogens is 3. The first kappa shape index (κ1) is 39.7. The average Bonchev–Trinajstić information content (AvgIpc) is 3.70. The third-order valence-corrected chi connectivity index (χ3v) is 15.6. The summed E-state index contributed by atoms with van der Waals surface area (Å²) in [5, 5.41) is 15.9. The number of ether oxygens (including phenoxy) is 1. The summed E-state index contributed by atoms with van der Waals surface area (Å²) in [5.41, 5.74) is -1.03. The molecule has 17 heteroatoms. The zero-order chi connectivity index (χ0) is 38.9. The number of sulfonamides is 1. The van der Waals surface area contributed by atoms with Crippen molar-refractivity contribution in [2.24, 2.45) is 0 Å². The van der Waals surface area contributed by atoms with Gasteiger partial charge in [0, 0.05) is 54.8 Å². The fourth-order valence-electron chi connectivity index (χ4n) is 5.78. The van der Waals surface area contributed by atoms with Gasteiger partial charge in [0.15, 0.2) is 18.9 Å². The Balaban J connectivity index is 1.44. The number of nitrogens with zero attached hydrogens (tertiary/aromatic N) is 6. The number of anilines is 2. The summed E-state index contributed by atoms with van der Waals surface area (Å²) in [5.74, 6) is -0.430. The number of rotatable bonds is 12. The van der Waals surface area contributed by atoms with Crippen LogP contribution in [0.5, 0.6) is 0 Å². The van der Waals surface area contributed by atoms with Crippen LogP contribution in [-0.4, -0.2) is 85.1 Å². The fourth-order valence-corrected chi connectivity index (χ4v) is 8.05. The van der Waals surface area contributed by atoms with E-state index in [0.717, 1.165) is 37.6 Å². The van der Waals surface area contributed by atoms with Crippen LogP contribution in [0.15, 0.2) is 65.8 Å². The van der Waals surface area contributed by atoms with Gasteiger partial charge in [-0.05, 0) is 88.6 Å². The Kier molecular flexibility index (Phi) is 11.3. The number of para-hydroxylation sites is 1. The van der Waals surface area contributed by atoms with E-state index in [0.29, 0.717) is 13.2 Å². The number of hydrogen-bond donors (Lipinski definition) is 1. The lowest BCUT2D eigenvalue weighted by Crippen LogP contribution is -2.47. The van der Waals surface area contributed by atoms with Gasteiger partial charge in [-0.3, -0.25) is 24.6 Å². The largest absolute Gasteiger partial charge is 0.443 e. The molecule has 3 heterocycles. The molecule has 5 rings (SSSR count). The van der Waals surface area contributed by atoms with Crippen molar-refractivity contribution in [1.82, 2.24) is 19.5 Å². The molecule has 2 aromatic carbocycles. The number of likely N-dealkylation sites (tertiary alicyclic amines) is 1. The maximum absolute atomic E-state index is 15.5. The van der Waals surface area contributed by atoms with Crippen LogP contribution in [0.1, 0.15) is 54.4 Å². The number of carbonyl (C=O) groups is 1. The highest BCUT2D eigenvalue weighted by molar-refractivity contribution is 7.92. The van der Waals surface area contributed by atoms with Crippen molar-refractivity contribution in [3.05, 3.63) is 76.9 Å². The molecule has 4 aromatic rings. The smallest absolute Gasteiger partial charge is 0.416 e. The quantitative estimate of drug-likeness (QED) is 0.0869. The van der Waals surface area contributed by atoms with E-state index >= 15 is 4.39 Å². The van der Waals surface area contributed by atoms with Crippen LogP contribution >= 0.6 is 0 Å². The number of fused-ring (bicyclic) bond motifs is 1. The van der Waals surface area contributed by atoms with Crippen molar-refractivity contribution < 1.29 is 31.7 Å². The second-order valence-electron chi connectivity index (χ2n) is 15.7. The van der Waals surface area contributed by atoms with E-state index in [1.54, 1.807) is 33.0 Å². The Labute approximate surface area is 310 Å². The lowest BCUT2D eigenvalue weighted by molar-refractivity contribution is -0.387. The van der Waals surface area contributed by atoms with Gasteiger partial charge in [0.25, 0.3) is 15.7 Å². The molecule has 1 atom stereocenters. The minimum atomic E-state index is -4.43. The van der Waals surface area contributed by atoms with Crippen LogP contribution in [0.25, 0.3) is 16.8 Å². The summed E-state index contributed by atoms with van der Waals surface area (Å²) in [7, 11) is -6.38. The van der Waals surface area contributed by atoms with Crippen molar-refractivity contribution in [2.75, 3.05) is 35.9 Å². The van der Waals surface area contributed by atoms with Crippen LogP contribution in [0, 0.1) is 15.9 Å². The van der Waals surface area contributed by atoms with E-state index in [4.69, 9.17) is 14.1 Å². The highest BCUT2D eigenvalue weighted by Gasteiger charge is 2.39. The van der Waals surface area contributed by atoms with Crippen LogP contribution in [0.2, 0.25) is 18.1 Å². The molecular formula is C36H48FN7O7SSi. The third kappa shape index (κ3) is 9.20. The zero-order valence-electron chi connectivity index (χ0n) is 31.4. The molecule has 1 saturated heterocycles. The summed E-state index contributed by atoms with van der Waals surface area (Å²) in [6.45, 7) is 18.8. The maximum atomic E-state index is 15.5. The van der Waals surface area contributed by atoms with E-state index in [1.807, 2.05) is 0 Å². The molecule has 0 aliphatic carbocycles. The van der Waals surface area contributed by atoms with Gasteiger partial charge >= 0.3 is 6.09 Å². The number of halogens is 1. The third-order valence-electron chi connectivity index (χ3n) is 9.66. The molecule has 286 valence electrons. The number of nitrogens with one attached hydrogen (secondary N) is 1. The second-order valence-corrected chi connectivity index (χ2v) is 22.1. The maximum Gasteiger partial charge on any atom is 0.416 e. The normalized spacial score (nSPS) is 15.8. The summed E-state index contributed by atoms with van der Waals surface area (Å²) < 4.78 is 58.0. The standard InChI is InChI=1S/C36H48FN7O7SSi/c1-35(2,3)51-34(45)42(21-20-41-18-11-12-26(41)24-50-53(7,8)36(4,5)6)32-17-19-43-33(39-32)28(23-38-43)27-22-25(15-16-29(27)37)40-52(48,49)31-14-10-9-13-30(31)44(46)47/h9-10,13-17,19,22-23,26,40H,11-12,18,20-21,24H2,1-8H3/t26-/m0/s1.